The largest absolute Gasteiger partial charge is 0.435 e. The molecule has 6 heteroatoms. The number of aryl methyl sites for hydroxylation is 2. The first-order chi connectivity index (χ1) is 9.47. The van der Waals surface area contributed by atoms with E-state index in [0.29, 0.717) is 36.4 Å². The minimum absolute atomic E-state index is 0.104. The van der Waals surface area contributed by atoms with Crippen molar-refractivity contribution in [3.05, 3.63) is 23.3 Å². The fraction of sp³-hybridized carbons (Fsp3) is 0.500. The van der Waals surface area contributed by atoms with Crippen LogP contribution in [0.2, 0.25) is 0 Å². The van der Waals surface area contributed by atoms with Crippen molar-refractivity contribution in [3.63, 3.8) is 0 Å². The fourth-order valence-electron chi connectivity index (χ4n) is 2.12. The highest BCUT2D eigenvalue weighted by Crippen LogP contribution is 2.28. The molecule has 1 aliphatic rings. The molecule has 1 aromatic rings. The molecule has 2 rings (SSSR count). The van der Waals surface area contributed by atoms with E-state index in [1.807, 2.05) is 0 Å². The number of hydrogen-bond acceptors (Lipinski definition) is 3. The molecule has 0 aromatic heterocycles. The highest BCUT2D eigenvalue weighted by molar-refractivity contribution is 5.93. The summed E-state index contributed by atoms with van der Waals surface area (Å²) < 4.78 is 34.1. The van der Waals surface area contributed by atoms with Crippen LogP contribution in [0.25, 0.3) is 0 Å². The van der Waals surface area contributed by atoms with Crippen molar-refractivity contribution in [1.29, 1.82) is 0 Å². The van der Waals surface area contributed by atoms with E-state index in [-0.39, 0.29) is 17.6 Å². The van der Waals surface area contributed by atoms with Gasteiger partial charge in [-0.2, -0.15) is 8.78 Å². The van der Waals surface area contributed by atoms with Crippen molar-refractivity contribution >= 4 is 11.6 Å². The minimum atomic E-state index is -2.86. The van der Waals surface area contributed by atoms with Gasteiger partial charge in [0.1, 0.15) is 5.75 Å². The number of anilines is 1. The maximum absolute atomic E-state index is 12.2. The van der Waals surface area contributed by atoms with Crippen molar-refractivity contribution in [2.45, 2.75) is 26.9 Å². The van der Waals surface area contributed by atoms with Crippen molar-refractivity contribution in [2.75, 3.05) is 18.5 Å². The van der Waals surface area contributed by atoms with Crippen LogP contribution in [0.3, 0.4) is 0 Å². The second-order valence-electron chi connectivity index (χ2n) is 4.86. The van der Waals surface area contributed by atoms with Gasteiger partial charge in [-0.3, -0.25) is 4.79 Å². The molecule has 1 aromatic carbocycles. The Hall–Kier alpha value is -1.69. The quantitative estimate of drug-likeness (QED) is 0.925. The van der Waals surface area contributed by atoms with Crippen LogP contribution in [-0.4, -0.2) is 25.7 Å². The predicted molar refractivity (Wildman–Crippen MR) is 70.1 cm³/mol. The van der Waals surface area contributed by atoms with Crippen molar-refractivity contribution < 1.29 is 23.0 Å². The third-order valence-electron chi connectivity index (χ3n) is 3.30. The number of halogens is 2. The molecule has 1 atom stereocenters. The van der Waals surface area contributed by atoms with Gasteiger partial charge in [0, 0.05) is 12.3 Å². The van der Waals surface area contributed by atoms with Gasteiger partial charge in [-0.05, 0) is 43.5 Å². The lowest BCUT2D eigenvalue weighted by Crippen LogP contribution is -2.23. The normalized spacial score (nSPS) is 18.4. The molecule has 20 heavy (non-hydrogen) atoms. The highest BCUT2D eigenvalue weighted by Gasteiger charge is 2.24. The number of nitrogens with one attached hydrogen (secondary N) is 1. The predicted octanol–water partition coefficient (Wildman–Crippen LogP) is 2.88. The molecule has 0 spiro atoms. The lowest BCUT2D eigenvalue weighted by Gasteiger charge is -2.15. The summed E-state index contributed by atoms with van der Waals surface area (Å²) in [5.41, 5.74) is 1.84. The van der Waals surface area contributed by atoms with Gasteiger partial charge in [-0.1, -0.05) is 0 Å². The average molecular weight is 285 g/mol. The molecule has 1 amide bonds. The maximum atomic E-state index is 12.2. The molecule has 1 fully saturated rings. The monoisotopic (exact) mass is 285 g/mol. The third kappa shape index (κ3) is 3.45. The number of rotatable bonds is 4. The van der Waals surface area contributed by atoms with Gasteiger partial charge in [-0.15, -0.1) is 0 Å². The molecule has 110 valence electrons. The number of carbonyl (C=O) groups is 1. The summed E-state index contributed by atoms with van der Waals surface area (Å²) >= 11 is 0. The summed E-state index contributed by atoms with van der Waals surface area (Å²) in [6, 6.07) is 3.14. The molecule has 0 radical (unpaired) electrons. The lowest BCUT2D eigenvalue weighted by molar-refractivity contribution is -0.119. The Kier molecular flexibility index (Phi) is 4.54. The van der Waals surface area contributed by atoms with Crippen LogP contribution in [0.1, 0.15) is 17.5 Å². The van der Waals surface area contributed by atoms with Crippen LogP contribution in [0, 0.1) is 19.8 Å². The van der Waals surface area contributed by atoms with Gasteiger partial charge in [0.05, 0.1) is 12.5 Å². The minimum Gasteiger partial charge on any atom is -0.435 e. The van der Waals surface area contributed by atoms with Crippen LogP contribution in [0.4, 0.5) is 14.5 Å². The van der Waals surface area contributed by atoms with E-state index in [1.54, 1.807) is 19.9 Å². The van der Waals surface area contributed by atoms with Crippen LogP contribution in [-0.2, 0) is 9.53 Å². The average Bonchev–Trinajstić information content (AvgIpc) is 2.88. The Morgan fingerprint density at radius 1 is 1.40 bits per heavy atom. The first-order valence-corrected chi connectivity index (χ1v) is 6.42. The Morgan fingerprint density at radius 2 is 2.15 bits per heavy atom. The molecule has 1 saturated heterocycles. The highest BCUT2D eigenvalue weighted by atomic mass is 19.3. The molecule has 1 aliphatic heterocycles. The molecule has 0 saturated carbocycles. The summed E-state index contributed by atoms with van der Waals surface area (Å²) in [5.74, 6) is -0.126. The maximum Gasteiger partial charge on any atom is 0.387 e. The van der Waals surface area contributed by atoms with Gasteiger partial charge in [0.25, 0.3) is 0 Å². The van der Waals surface area contributed by atoms with Crippen molar-refractivity contribution in [1.82, 2.24) is 0 Å². The smallest absolute Gasteiger partial charge is 0.387 e. The van der Waals surface area contributed by atoms with Crippen LogP contribution in [0.15, 0.2) is 12.1 Å². The second-order valence-corrected chi connectivity index (χ2v) is 4.86. The van der Waals surface area contributed by atoms with E-state index in [1.165, 1.54) is 6.07 Å². The number of hydrogen-bond donors (Lipinski definition) is 1. The summed E-state index contributed by atoms with van der Waals surface area (Å²) in [4.78, 5) is 12.0. The van der Waals surface area contributed by atoms with E-state index in [0.717, 1.165) is 0 Å². The first-order valence-electron chi connectivity index (χ1n) is 6.42. The lowest BCUT2D eigenvalue weighted by atomic mass is 10.1. The molecule has 1 heterocycles. The van der Waals surface area contributed by atoms with E-state index < -0.39 is 6.61 Å². The zero-order valence-corrected chi connectivity index (χ0v) is 11.4. The molecule has 1 N–H and O–H groups in total. The van der Waals surface area contributed by atoms with E-state index in [4.69, 9.17) is 4.74 Å². The number of benzene rings is 1. The van der Waals surface area contributed by atoms with Crippen LogP contribution in [0.5, 0.6) is 5.75 Å². The Labute approximate surface area is 116 Å². The zero-order chi connectivity index (χ0) is 14.7. The number of carbonyl (C=O) groups excluding carboxylic acids is 1. The van der Waals surface area contributed by atoms with E-state index in [2.05, 4.69) is 10.1 Å². The molecule has 0 unspecified atom stereocenters. The van der Waals surface area contributed by atoms with Gasteiger partial charge in [0.15, 0.2) is 0 Å². The van der Waals surface area contributed by atoms with Crippen LogP contribution >= 0.6 is 0 Å². The summed E-state index contributed by atoms with van der Waals surface area (Å²) in [6.45, 7) is 1.56. The van der Waals surface area contributed by atoms with Crippen molar-refractivity contribution in [3.8, 4) is 5.75 Å². The Morgan fingerprint density at radius 3 is 2.75 bits per heavy atom. The number of amides is 1. The second kappa shape index (κ2) is 6.17. The van der Waals surface area contributed by atoms with Gasteiger partial charge in [-0.25, -0.2) is 0 Å². The Balaban J connectivity index is 2.12. The van der Waals surface area contributed by atoms with Gasteiger partial charge < -0.3 is 14.8 Å². The standard InChI is InChI=1S/C14H17F2NO3/c1-8-6-12(20-14(15)16)9(2)5-11(8)17-13(18)10-3-4-19-7-10/h5-6,10,14H,3-4,7H2,1-2H3,(H,17,18)/t10-/m1/s1. The fourth-order valence-corrected chi connectivity index (χ4v) is 2.12. The van der Waals surface area contributed by atoms with Crippen LogP contribution < -0.4 is 10.1 Å². The Bertz CT molecular complexity index is 499. The summed E-state index contributed by atoms with van der Waals surface area (Å²) in [7, 11) is 0. The number of alkyl halides is 2. The molecule has 4 nitrogen and oxygen atoms in total. The molecule has 0 aliphatic carbocycles. The summed E-state index contributed by atoms with van der Waals surface area (Å²) in [6.07, 6.45) is 0.705. The van der Waals surface area contributed by atoms with Crippen molar-refractivity contribution in [2.24, 2.45) is 5.92 Å². The van der Waals surface area contributed by atoms with Gasteiger partial charge in [0.2, 0.25) is 5.91 Å². The van der Waals surface area contributed by atoms with Gasteiger partial charge >= 0.3 is 6.61 Å². The zero-order valence-electron chi connectivity index (χ0n) is 11.4. The SMILES string of the molecule is Cc1cc(OC(F)F)c(C)cc1NC(=O)[C@@H]1CCOC1. The third-order valence-corrected chi connectivity index (χ3v) is 3.30. The molecule has 0 bridgehead atoms. The number of ether oxygens (including phenoxy) is 2. The molecular weight excluding hydrogens is 268 g/mol. The molecular formula is C14H17F2NO3. The first kappa shape index (κ1) is 14.7. The van der Waals surface area contributed by atoms with E-state index in [9.17, 15) is 13.6 Å². The summed E-state index contributed by atoms with van der Waals surface area (Å²) in [5, 5.41) is 2.81. The topological polar surface area (TPSA) is 47.6 Å². The van der Waals surface area contributed by atoms with E-state index >= 15 is 0 Å².